The summed E-state index contributed by atoms with van der Waals surface area (Å²) in [6.45, 7) is 4.78. The summed E-state index contributed by atoms with van der Waals surface area (Å²) in [5.41, 5.74) is 4.41. The number of benzene rings is 3. The van der Waals surface area contributed by atoms with Crippen molar-refractivity contribution < 1.29 is 4.74 Å². The van der Waals surface area contributed by atoms with Crippen molar-refractivity contribution in [1.29, 1.82) is 0 Å². The highest BCUT2D eigenvalue weighted by Crippen LogP contribution is 2.40. The normalized spacial score (nSPS) is 11.9. The highest BCUT2D eigenvalue weighted by molar-refractivity contribution is 6.20. The largest absolute Gasteiger partial charge is 0.488 e. The monoisotopic (exact) mass is 385 g/mol. The van der Waals surface area contributed by atoms with Gasteiger partial charge in [0.2, 0.25) is 0 Å². The number of aromatic nitrogens is 2. The van der Waals surface area contributed by atoms with Crippen LogP contribution >= 0.6 is 0 Å². The van der Waals surface area contributed by atoms with Crippen LogP contribution in [-0.4, -0.2) is 29.7 Å². The van der Waals surface area contributed by atoms with Gasteiger partial charge in [0.15, 0.2) is 5.75 Å². The van der Waals surface area contributed by atoms with E-state index in [4.69, 9.17) is 4.74 Å². The first kappa shape index (κ1) is 18.1. The molecule has 2 aromatic heterocycles. The van der Waals surface area contributed by atoms with E-state index in [2.05, 4.69) is 76.8 Å². The van der Waals surface area contributed by atoms with Gasteiger partial charge in [-0.25, -0.2) is 0 Å². The third-order valence-electron chi connectivity index (χ3n) is 5.72. The molecule has 0 saturated heterocycles. The number of nitrogens with one attached hydrogen (secondary N) is 3. The van der Waals surface area contributed by atoms with Crippen LogP contribution in [0, 0.1) is 0 Å². The molecule has 3 N–H and O–H groups in total. The van der Waals surface area contributed by atoms with Crippen LogP contribution in [0.2, 0.25) is 0 Å². The van der Waals surface area contributed by atoms with Gasteiger partial charge in [-0.1, -0.05) is 56.2 Å². The molecule has 4 heteroatoms. The Hall–Kier alpha value is -2.98. The average Bonchev–Trinajstić information content (AvgIpc) is 3.31. The average molecular weight is 386 g/mol. The van der Waals surface area contributed by atoms with Crippen molar-refractivity contribution >= 4 is 43.6 Å². The molecule has 0 bridgehead atoms. The predicted molar refractivity (Wildman–Crippen MR) is 123 cm³/mol. The molecule has 5 aromatic rings. The minimum atomic E-state index is 0.644. The minimum Gasteiger partial charge on any atom is -0.488 e. The van der Waals surface area contributed by atoms with Crippen LogP contribution in [0.25, 0.3) is 43.6 Å². The SMILES string of the molecule is CCCCCNCCOc1c2[nH]c3ccccc3c2cc2c1[nH]c1ccccc12. The molecule has 0 saturated carbocycles. The first-order valence-electron chi connectivity index (χ1n) is 10.6. The molecule has 2 heterocycles. The predicted octanol–water partition coefficient (Wildman–Crippen LogP) is 6.11. The number of hydrogen-bond acceptors (Lipinski definition) is 2. The van der Waals surface area contributed by atoms with Gasteiger partial charge in [0.1, 0.15) is 6.61 Å². The van der Waals surface area contributed by atoms with E-state index >= 15 is 0 Å². The molecule has 148 valence electrons. The number of H-pyrrole nitrogens is 2. The Balaban J connectivity index is 1.57. The van der Waals surface area contributed by atoms with Crippen LogP contribution in [0.5, 0.6) is 5.75 Å². The van der Waals surface area contributed by atoms with Gasteiger partial charge in [0.25, 0.3) is 0 Å². The third-order valence-corrected chi connectivity index (χ3v) is 5.72. The van der Waals surface area contributed by atoms with Crippen molar-refractivity contribution in [1.82, 2.24) is 15.3 Å². The van der Waals surface area contributed by atoms with Gasteiger partial charge in [-0.3, -0.25) is 0 Å². The molecule has 0 unspecified atom stereocenters. The number of aromatic amines is 2. The zero-order valence-corrected chi connectivity index (χ0v) is 16.8. The molecular weight excluding hydrogens is 358 g/mol. The summed E-state index contributed by atoms with van der Waals surface area (Å²) in [5.74, 6) is 0.917. The molecule has 4 nitrogen and oxygen atoms in total. The van der Waals surface area contributed by atoms with Crippen molar-refractivity contribution in [3.63, 3.8) is 0 Å². The number of para-hydroxylation sites is 2. The second kappa shape index (κ2) is 7.80. The first-order valence-corrected chi connectivity index (χ1v) is 10.6. The first-order chi connectivity index (χ1) is 14.4. The quantitative estimate of drug-likeness (QED) is 0.282. The van der Waals surface area contributed by atoms with E-state index in [0.29, 0.717) is 6.61 Å². The van der Waals surface area contributed by atoms with E-state index in [1.807, 2.05) is 0 Å². The van der Waals surface area contributed by atoms with Gasteiger partial charge in [-0.15, -0.1) is 0 Å². The Morgan fingerprint density at radius 2 is 1.38 bits per heavy atom. The number of rotatable bonds is 8. The topological polar surface area (TPSA) is 52.8 Å². The van der Waals surface area contributed by atoms with Crippen LogP contribution in [0.3, 0.4) is 0 Å². The fourth-order valence-electron chi connectivity index (χ4n) is 4.25. The maximum Gasteiger partial charge on any atom is 0.167 e. The van der Waals surface area contributed by atoms with Gasteiger partial charge < -0.3 is 20.0 Å². The molecule has 0 atom stereocenters. The lowest BCUT2D eigenvalue weighted by Gasteiger charge is -2.10. The Morgan fingerprint density at radius 1 is 0.759 bits per heavy atom. The molecule has 0 amide bonds. The number of ether oxygens (including phenoxy) is 1. The van der Waals surface area contributed by atoms with Gasteiger partial charge >= 0.3 is 0 Å². The van der Waals surface area contributed by atoms with Gasteiger partial charge in [-0.05, 0) is 31.2 Å². The standard InChI is InChI=1S/C25H27N3O/c1-2-3-8-13-26-14-15-29-25-23-19(17-9-4-6-11-21(17)27-23)16-20-18-10-5-7-12-22(18)28-24(20)25/h4-7,9-12,16,26-28H,2-3,8,13-15H2,1H3. The summed E-state index contributed by atoms with van der Waals surface area (Å²) in [5, 5.41) is 8.39. The minimum absolute atomic E-state index is 0.644. The molecule has 0 spiro atoms. The zero-order valence-electron chi connectivity index (χ0n) is 16.8. The molecule has 0 aliphatic carbocycles. The maximum atomic E-state index is 6.37. The summed E-state index contributed by atoms with van der Waals surface area (Å²) >= 11 is 0. The number of unbranched alkanes of at least 4 members (excludes halogenated alkanes) is 2. The van der Waals surface area contributed by atoms with Crippen molar-refractivity contribution in [3.8, 4) is 5.75 Å². The highest BCUT2D eigenvalue weighted by atomic mass is 16.5. The molecule has 29 heavy (non-hydrogen) atoms. The molecular formula is C25H27N3O. The highest BCUT2D eigenvalue weighted by Gasteiger charge is 2.17. The molecule has 0 aliphatic rings. The maximum absolute atomic E-state index is 6.37. The zero-order chi connectivity index (χ0) is 19.6. The van der Waals surface area contributed by atoms with Crippen molar-refractivity contribution in [2.24, 2.45) is 0 Å². The molecule has 0 fully saturated rings. The van der Waals surface area contributed by atoms with E-state index in [1.165, 1.54) is 40.8 Å². The van der Waals surface area contributed by atoms with Crippen LogP contribution in [0.4, 0.5) is 0 Å². The molecule has 0 aliphatic heterocycles. The summed E-state index contributed by atoms with van der Waals surface area (Å²) in [6, 6.07) is 19.2. The summed E-state index contributed by atoms with van der Waals surface area (Å²) in [7, 11) is 0. The molecule has 0 radical (unpaired) electrons. The van der Waals surface area contributed by atoms with Gasteiger partial charge in [0, 0.05) is 39.1 Å². The van der Waals surface area contributed by atoms with E-state index < -0.39 is 0 Å². The Kier molecular flexibility index (Phi) is 4.86. The summed E-state index contributed by atoms with van der Waals surface area (Å²) in [4.78, 5) is 7.17. The fourth-order valence-corrected chi connectivity index (χ4v) is 4.25. The lowest BCUT2D eigenvalue weighted by molar-refractivity contribution is 0.319. The van der Waals surface area contributed by atoms with Crippen molar-refractivity contribution in [3.05, 3.63) is 54.6 Å². The lowest BCUT2D eigenvalue weighted by Crippen LogP contribution is -2.22. The summed E-state index contributed by atoms with van der Waals surface area (Å²) < 4.78 is 6.37. The van der Waals surface area contributed by atoms with E-state index in [0.717, 1.165) is 40.9 Å². The van der Waals surface area contributed by atoms with Crippen LogP contribution < -0.4 is 10.1 Å². The number of hydrogen-bond donors (Lipinski definition) is 3. The van der Waals surface area contributed by atoms with Crippen molar-refractivity contribution in [2.45, 2.75) is 26.2 Å². The third kappa shape index (κ3) is 3.23. The lowest BCUT2D eigenvalue weighted by atomic mass is 10.1. The van der Waals surface area contributed by atoms with Crippen molar-refractivity contribution in [2.75, 3.05) is 19.7 Å². The second-order valence-electron chi connectivity index (χ2n) is 7.70. The van der Waals surface area contributed by atoms with Gasteiger partial charge in [0.05, 0.1) is 11.0 Å². The van der Waals surface area contributed by atoms with Crippen LogP contribution in [0.15, 0.2) is 54.6 Å². The smallest absolute Gasteiger partial charge is 0.167 e. The Morgan fingerprint density at radius 3 is 2.00 bits per heavy atom. The van der Waals surface area contributed by atoms with E-state index in [-0.39, 0.29) is 0 Å². The van der Waals surface area contributed by atoms with E-state index in [9.17, 15) is 0 Å². The van der Waals surface area contributed by atoms with Crippen LogP contribution in [-0.2, 0) is 0 Å². The van der Waals surface area contributed by atoms with Crippen LogP contribution in [0.1, 0.15) is 26.2 Å². The van der Waals surface area contributed by atoms with E-state index in [1.54, 1.807) is 0 Å². The molecule has 5 rings (SSSR count). The Bertz CT molecular complexity index is 1190. The Labute approximate surface area is 170 Å². The number of fused-ring (bicyclic) bond motifs is 6. The summed E-state index contributed by atoms with van der Waals surface area (Å²) in [6.07, 6.45) is 3.75. The second-order valence-corrected chi connectivity index (χ2v) is 7.70. The fraction of sp³-hybridized carbons (Fsp3) is 0.280. The molecule has 3 aromatic carbocycles. The van der Waals surface area contributed by atoms with Gasteiger partial charge in [-0.2, -0.15) is 0 Å².